The second-order valence-electron chi connectivity index (χ2n) is 9.25. The summed E-state index contributed by atoms with van der Waals surface area (Å²) in [5.41, 5.74) is 7.32. The molecule has 4 aliphatic heterocycles. The molecule has 0 bridgehead atoms. The molecule has 5 aliphatic rings. The predicted molar refractivity (Wildman–Crippen MR) is 106 cm³/mol. The van der Waals surface area contributed by atoms with Gasteiger partial charge in [-0.25, -0.2) is 9.98 Å². The molecule has 13 nitrogen and oxygen atoms in total. The monoisotopic (exact) mass is 488 g/mol. The molecule has 16 heteroatoms. The molecule has 5 rings (SSSR count). The number of alkyl halides is 3. The fourth-order valence-corrected chi connectivity index (χ4v) is 5.31. The highest BCUT2D eigenvalue weighted by molar-refractivity contribution is 6.02. The summed E-state index contributed by atoms with van der Waals surface area (Å²) in [6, 6.07) is -3.86. The molecular formula is C18H23F3N8O5. The summed E-state index contributed by atoms with van der Waals surface area (Å²) in [6.07, 6.45) is -5.57. The van der Waals surface area contributed by atoms with E-state index in [0.717, 1.165) is 4.90 Å². The number of halogens is 3. The average Bonchev–Trinajstić information content (AvgIpc) is 3.35. The van der Waals surface area contributed by atoms with Crippen molar-refractivity contribution in [2.24, 2.45) is 26.9 Å². The van der Waals surface area contributed by atoms with Gasteiger partial charge in [0.05, 0.1) is 12.6 Å². The molecule has 4 heterocycles. The van der Waals surface area contributed by atoms with Gasteiger partial charge in [0.25, 0.3) is 0 Å². The van der Waals surface area contributed by atoms with Crippen molar-refractivity contribution in [1.29, 1.82) is 0 Å². The van der Waals surface area contributed by atoms with E-state index in [0.29, 0.717) is 0 Å². The van der Waals surface area contributed by atoms with Gasteiger partial charge < -0.3 is 37.2 Å². The van der Waals surface area contributed by atoms with Crippen LogP contribution in [-0.2, 0) is 14.4 Å². The minimum absolute atomic E-state index is 0.0232. The van der Waals surface area contributed by atoms with Crippen LogP contribution in [0.1, 0.15) is 25.7 Å². The van der Waals surface area contributed by atoms with E-state index in [4.69, 9.17) is 11.5 Å². The fourth-order valence-electron chi connectivity index (χ4n) is 5.31. The number of hydrogen-bond acceptors (Lipinski definition) is 11. The fraction of sp³-hybridized carbons (Fsp3) is 0.722. The number of likely N-dealkylation sites (tertiary alicyclic amines) is 1. The van der Waals surface area contributed by atoms with Gasteiger partial charge in [-0.2, -0.15) is 13.2 Å². The number of amides is 3. The van der Waals surface area contributed by atoms with Crippen molar-refractivity contribution in [2.75, 3.05) is 13.1 Å². The van der Waals surface area contributed by atoms with Gasteiger partial charge in [0, 0.05) is 19.4 Å². The van der Waals surface area contributed by atoms with Gasteiger partial charge in [0.15, 0.2) is 17.6 Å². The number of aliphatic hydroxyl groups is 2. The molecule has 4 atom stereocenters. The normalized spacial score (nSPS) is 35.4. The standard InChI is InChI=1S/C18H23F3N8O5/c19-18(20,21)15(3-4-15)12(32)25-8-6-29-14(23)24-7(5-28-9(30)1-2-10(28)31)11-16(29,17(8,33)34)27-13(22)26-11/h7-8,11,33-34H,1-6H2,(H2,23,24)(H,25,32)(H3,22,26,27)/t7?,8-,11?,16?/m0/s1. The summed E-state index contributed by atoms with van der Waals surface area (Å²) < 4.78 is 40.2. The Bertz CT molecular complexity index is 1030. The Morgan fingerprint density at radius 2 is 1.79 bits per heavy atom. The molecule has 186 valence electrons. The van der Waals surface area contributed by atoms with Gasteiger partial charge in [0.2, 0.25) is 23.5 Å². The number of carbonyl (C=O) groups is 3. The van der Waals surface area contributed by atoms with Crippen molar-refractivity contribution in [3.63, 3.8) is 0 Å². The number of imide groups is 1. The molecule has 8 N–H and O–H groups in total. The van der Waals surface area contributed by atoms with E-state index < -0.39 is 78.3 Å². The lowest BCUT2D eigenvalue weighted by Gasteiger charge is -2.49. The van der Waals surface area contributed by atoms with E-state index >= 15 is 0 Å². The highest BCUT2D eigenvalue weighted by Crippen LogP contribution is 2.58. The van der Waals surface area contributed by atoms with Crippen LogP contribution in [0.4, 0.5) is 13.2 Å². The third-order valence-electron chi connectivity index (χ3n) is 7.36. The van der Waals surface area contributed by atoms with E-state index in [-0.39, 0.29) is 31.3 Å². The van der Waals surface area contributed by atoms with Crippen LogP contribution >= 0.6 is 0 Å². The number of nitrogens with zero attached hydrogens (tertiary/aromatic N) is 4. The van der Waals surface area contributed by atoms with Gasteiger partial charge in [-0.15, -0.1) is 0 Å². The quantitative estimate of drug-likeness (QED) is 0.173. The molecular weight excluding hydrogens is 465 g/mol. The minimum atomic E-state index is -4.79. The number of rotatable bonds is 4. The maximum atomic E-state index is 13.4. The third kappa shape index (κ3) is 2.77. The van der Waals surface area contributed by atoms with Crippen molar-refractivity contribution < 1.29 is 37.8 Å². The summed E-state index contributed by atoms with van der Waals surface area (Å²) >= 11 is 0. The Hall–Kier alpha value is -3.14. The molecule has 3 amide bonds. The Morgan fingerprint density at radius 1 is 1.18 bits per heavy atom. The van der Waals surface area contributed by atoms with Gasteiger partial charge in [-0.05, 0) is 12.8 Å². The van der Waals surface area contributed by atoms with Gasteiger partial charge in [-0.1, -0.05) is 0 Å². The smallest absolute Gasteiger partial charge is 0.370 e. The second-order valence-corrected chi connectivity index (χ2v) is 9.25. The summed E-state index contributed by atoms with van der Waals surface area (Å²) in [4.78, 5) is 47.3. The van der Waals surface area contributed by atoms with E-state index in [2.05, 4.69) is 20.6 Å². The van der Waals surface area contributed by atoms with E-state index in [1.807, 2.05) is 0 Å². The lowest BCUT2D eigenvalue weighted by atomic mass is 9.84. The predicted octanol–water partition coefficient (Wildman–Crippen LogP) is -3.36. The topological polar surface area (TPSA) is 199 Å². The number of aliphatic imine (C=N–C) groups is 2. The Morgan fingerprint density at radius 3 is 2.35 bits per heavy atom. The molecule has 0 radical (unpaired) electrons. The number of guanidine groups is 2. The number of carbonyl (C=O) groups excluding carboxylic acids is 3. The summed E-state index contributed by atoms with van der Waals surface area (Å²) in [5.74, 6) is -5.65. The molecule has 0 aromatic rings. The summed E-state index contributed by atoms with van der Waals surface area (Å²) in [5, 5.41) is 27.2. The van der Waals surface area contributed by atoms with Crippen LogP contribution in [-0.4, -0.2) is 98.5 Å². The van der Waals surface area contributed by atoms with E-state index in [1.165, 1.54) is 4.90 Å². The largest absolute Gasteiger partial charge is 0.403 e. The second kappa shape index (κ2) is 6.71. The summed E-state index contributed by atoms with van der Waals surface area (Å²) in [7, 11) is 0. The molecule has 0 aromatic heterocycles. The number of nitrogens with one attached hydrogen (secondary N) is 2. The zero-order valence-corrected chi connectivity index (χ0v) is 17.7. The zero-order chi connectivity index (χ0) is 24.8. The highest BCUT2D eigenvalue weighted by Gasteiger charge is 2.75. The average molecular weight is 488 g/mol. The molecule has 1 spiro atoms. The number of nitrogens with two attached hydrogens (primary N) is 2. The lowest BCUT2D eigenvalue weighted by molar-refractivity contribution is -0.234. The van der Waals surface area contributed by atoms with Crippen LogP contribution in [0.15, 0.2) is 9.98 Å². The molecule has 2 saturated heterocycles. The van der Waals surface area contributed by atoms with Crippen molar-refractivity contribution in [3.8, 4) is 0 Å². The van der Waals surface area contributed by atoms with Crippen LogP contribution in [0.3, 0.4) is 0 Å². The van der Waals surface area contributed by atoms with Gasteiger partial charge in [0.1, 0.15) is 17.5 Å². The van der Waals surface area contributed by atoms with Crippen molar-refractivity contribution in [1.82, 2.24) is 20.4 Å². The van der Waals surface area contributed by atoms with Crippen LogP contribution in [0.2, 0.25) is 0 Å². The highest BCUT2D eigenvalue weighted by atomic mass is 19.4. The van der Waals surface area contributed by atoms with Crippen LogP contribution in [0.5, 0.6) is 0 Å². The zero-order valence-electron chi connectivity index (χ0n) is 17.7. The molecule has 3 unspecified atom stereocenters. The van der Waals surface area contributed by atoms with Gasteiger partial charge in [-0.3, -0.25) is 19.3 Å². The minimum Gasteiger partial charge on any atom is -0.370 e. The van der Waals surface area contributed by atoms with E-state index in [9.17, 15) is 37.8 Å². The first-order valence-corrected chi connectivity index (χ1v) is 10.6. The third-order valence-corrected chi connectivity index (χ3v) is 7.36. The van der Waals surface area contributed by atoms with Crippen molar-refractivity contribution >= 4 is 29.6 Å². The molecule has 0 aromatic carbocycles. The molecule has 1 aliphatic carbocycles. The Balaban J connectivity index is 1.47. The van der Waals surface area contributed by atoms with E-state index in [1.54, 1.807) is 0 Å². The first-order chi connectivity index (χ1) is 15.7. The molecule has 34 heavy (non-hydrogen) atoms. The Kier molecular flexibility index (Phi) is 4.47. The number of hydrogen-bond donors (Lipinski definition) is 6. The maximum Gasteiger partial charge on any atom is 0.403 e. The first-order valence-electron chi connectivity index (χ1n) is 10.6. The first kappa shape index (κ1) is 22.6. The Labute approximate surface area is 190 Å². The van der Waals surface area contributed by atoms with Crippen LogP contribution in [0, 0.1) is 5.41 Å². The maximum absolute atomic E-state index is 13.4. The van der Waals surface area contributed by atoms with Crippen molar-refractivity contribution in [2.45, 2.75) is 61.4 Å². The van der Waals surface area contributed by atoms with Crippen LogP contribution < -0.4 is 22.1 Å². The van der Waals surface area contributed by atoms with Crippen molar-refractivity contribution in [3.05, 3.63) is 0 Å². The SMILES string of the molecule is NC1=NC2C(CN3C(=O)CCC3=O)N=C(N)N3C[C@H](NC(=O)C4(C(F)(F)F)CC4)C(O)(O)C23N1. The summed E-state index contributed by atoms with van der Waals surface area (Å²) in [6.45, 7) is -0.677. The molecule has 1 saturated carbocycles. The van der Waals surface area contributed by atoms with Gasteiger partial charge >= 0.3 is 6.18 Å². The van der Waals surface area contributed by atoms with Crippen LogP contribution in [0.25, 0.3) is 0 Å². The molecule has 3 fully saturated rings. The lowest BCUT2D eigenvalue weighted by Crippen LogP contribution is -2.78.